The van der Waals surface area contributed by atoms with Crippen LogP contribution in [-0.4, -0.2) is 36.4 Å². The first-order valence-electron chi connectivity index (χ1n) is 4.72. The molecule has 0 radical (unpaired) electrons. The summed E-state index contributed by atoms with van der Waals surface area (Å²) in [7, 11) is -2.94. The lowest BCUT2D eigenvalue weighted by Gasteiger charge is -1.94. The Morgan fingerprint density at radius 3 is 2.94 bits per heavy atom. The highest BCUT2D eigenvalue weighted by atomic mass is 32.2. The summed E-state index contributed by atoms with van der Waals surface area (Å²) >= 11 is 2.77. The van der Waals surface area contributed by atoms with Crippen LogP contribution in [0.4, 0.5) is 0 Å². The smallest absolute Gasteiger partial charge is 0.276 e. The van der Waals surface area contributed by atoms with E-state index in [0.717, 1.165) is 4.88 Å². The zero-order valence-electron chi connectivity index (χ0n) is 8.99. The molecule has 0 saturated heterocycles. The first kappa shape index (κ1) is 12.6. The summed E-state index contributed by atoms with van der Waals surface area (Å²) in [5.41, 5.74) is 0. The molecule has 2 heterocycles. The van der Waals surface area contributed by atoms with Crippen LogP contribution in [0.25, 0.3) is 10.8 Å². The van der Waals surface area contributed by atoms with E-state index in [-0.39, 0.29) is 5.75 Å². The average molecular weight is 290 g/mol. The van der Waals surface area contributed by atoms with Crippen LogP contribution in [0.3, 0.4) is 0 Å². The molecule has 5 nitrogen and oxygen atoms in total. The summed E-state index contributed by atoms with van der Waals surface area (Å²) in [4.78, 5) is 0.910. The number of hydrogen-bond acceptors (Lipinski definition) is 7. The van der Waals surface area contributed by atoms with Gasteiger partial charge in [-0.1, -0.05) is 17.8 Å². The van der Waals surface area contributed by atoms with Crippen molar-refractivity contribution < 1.29 is 12.8 Å². The van der Waals surface area contributed by atoms with Gasteiger partial charge in [0, 0.05) is 12.0 Å². The minimum atomic E-state index is -2.94. The normalized spacial score (nSPS) is 11.8. The molecule has 8 heteroatoms. The Labute approximate surface area is 107 Å². The number of hydrogen-bond donors (Lipinski definition) is 0. The second kappa shape index (κ2) is 5.19. The van der Waals surface area contributed by atoms with Crippen LogP contribution >= 0.6 is 23.1 Å². The molecule has 0 aliphatic rings. The Balaban J connectivity index is 1.95. The van der Waals surface area contributed by atoms with E-state index >= 15 is 0 Å². The molecule has 0 atom stereocenters. The van der Waals surface area contributed by atoms with Gasteiger partial charge in [-0.2, -0.15) is 0 Å². The standard InChI is InChI=1S/C9H10N2O3S3/c1-17(12,13)6-5-16-9-11-10-8(14-9)7-3-2-4-15-7/h2-4H,5-6H2,1H3. The molecule has 2 rings (SSSR count). The van der Waals surface area contributed by atoms with Gasteiger partial charge in [0.1, 0.15) is 9.84 Å². The lowest BCUT2D eigenvalue weighted by atomic mass is 10.5. The third-order valence-corrected chi connectivity index (χ3v) is 4.70. The minimum absolute atomic E-state index is 0.106. The first-order valence-corrected chi connectivity index (χ1v) is 8.65. The van der Waals surface area contributed by atoms with Crippen molar-refractivity contribution in [3.8, 4) is 10.8 Å². The van der Waals surface area contributed by atoms with Crippen LogP contribution < -0.4 is 0 Å². The second-order valence-corrected chi connectivity index (χ2v) is 7.58. The summed E-state index contributed by atoms with van der Waals surface area (Å²) in [6.45, 7) is 0. The molecule has 0 spiro atoms. The molecule has 0 bridgehead atoms. The zero-order chi connectivity index (χ0) is 12.3. The van der Waals surface area contributed by atoms with Crippen LogP contribution in [0.5, 0.6) is 0 Å². The average Bonchev–Trinajstić information content (AvgIpc) is 2.83. The molecule has 0 aromatic carbocycles. The maximum atomic E-state index is 10.9. The molecular formula is C9H10N2O3S3. The van der Waals surface area contributed by atoms with Crippen molar-refractivity contribution in [3.63, 3.8) is 0 Å². The van der Waals surface area contributed by atoms with E-state index in [9.17, 15) is 8.42 Å². The fourth-order valence-electron chi connectivity index (χ4n) is 1.05. The van der Waals surface area contributed by atoms with Gasteiger partial charge in [-0.25, -0.2) is 8.42 Å². The van der Waals surface area contributed by atoms with Gasteiger partial charge >= 0.3 is 0 Å². The van der Waals surface area contributed by atoms with Crippen LogP contribution in [0.1, 0.15) is 0 Å². The van der Waals surface area contributed by atoms with E-state index in [2.05, 4.69) is 10.2 Å². The Kier molecular flexibility index (Phi) is 3.85. The number of thioether (sulfide) groups is 1. The Morgan fingerprint density at radius 2 is 2.29 bits per heavy atom. The van der Waals surface area contributed by atoms with E-state index < -0.39 is 9.84 Å². The van der Waals surface area contributed by atoms with Gasteiger partial charge in [0.15, 0.2) is 0 Å². The van der Waals surface area contributed by atoms with E-state index in [1.54, 1.807) is 0 Å². The second-order valence-electron chi connectivity index (χ2n) is 3.33. The van der Waals surface area contributed by atoms with Gasteiger partial charge in [0.05, 0.1) is 10.6 Å². The van der Waals surface area contributed by atoms with E-state index in [1.807, 2.05) is 17.5 Å². The lowest BCUT2D eigenvalue weighted by molar-refractivity contribution is 0.467. The highest BCUT2D eigenvalue weighted by Gasteiger charge is 2.10. The molecule has 0 aliphatic heterocycles. The van der Waals surface area contributed by atoms with Crippen molar-refractivity contribution in [1.29, 1.82) is 0 Å². The monoisotopic (exact) mass is 290 g/mol. The third kappa shape index (κ3) is 3.83. The Morgan fingerprint density at radius 1 is 1.47 bits per heavy atom. The summed E-state index contributed by atoms with van der Waals surface area (Å²) in [5.74, 6) is 1.00. The van der Waals surface area contributed by atoms with E-state index in [0.29, 0.717) is 16.9 Å². The number of nitrogens with zero attached hydrogens (tertiary/aromatic N) is 2. The van der Waals surface area contributed by atoms with Crippen molar-refractivity contribution in [2.45, 2.75) is 5.22 Å². The quantitative estimate of drug-likeness (QED) is 0.783. The van der Waals surface area contributed by atoms with Gasteiger partial charge < -0.3 is 4.42 Å². The summed E-state index contributed by atoms with van der Waals surface area (Å²) in [6.07, 6.45) is 1.21. The highest BCUT2D eigenvalue weighted by Crippen LogP contribution is 2.26. The zero-order valence-corrected chi connectivity index (χ0v) is 11.4. The molecule has 0 saturated carbocycles. The van der Waals surface area contributed by atoms with Crippen molar-refractivity contribution >= 4 is 32.9 Å². The molecule has 0 unspecified atom stereocenters. The number of rotatable bonds is 5. The van der Waals surface area contributed by atoms with Crippen LogP contribution in [0.15, 0.2) is 27.2 Å². The van der Waals surface area contributed by atoms with Crippen molar-refractivity contribution in [3.05, 3.63) is 17.5 Å². The Hall–Kier alpha value is -0.860. The maximum absolute atomic E-state index is 10.9. The summed E-state index contributed by atoms with van der Waals surface area (Å²) < 4.78 is 27.3. The van der Waals surface area contributed by atoms with Gasteiger partial charge in [0.2, 0.25) is 0 Å². The number of sulfone groups is 1. The molecule has 92 valence electrons. The largest absolute Gasteiger partial charge is 0.410 e. The molecular weight excluding hydrogens is 280 g/mol. The molecule has 2 aromatic heterocycles. The number of thiophene rings is 1. The lowest BCUT2D eigenvalue weighted by Crippen LogP contribution is -2.04. The summed E-state index contributed by atoms with van der Waals surface area (Å²) in [5, 5.41) is 10.1. The fraction of sp³-hybridized carbons (Fsp3) is 0.333. The third-order valence-electron chi connectivity index (χ3n) is 1.82. The molecule has 2 aromatic rings. The first-order chi connectivity index (χ1) is 8.04. The van der Waals surface area contributed by atoms with Crippen molar-refractivity contribution in [2.24, 2.45) is 0 Å². The van der Waals surface area contributed by atoms with Gasteiger partial charge in [-0.05, 0) is 11.4 Å². The Bertz CT molecular complexity index is 574. The molecule has 0 N–H and O–H groups in total. The predicted molar refractivity (Wildman–Crippen MR) is 68.0 cm³/mol. The molecule has 0 aliphatic carbocycles. The predicted octanol–water partition coefficient (Wildman–Crippen LogP) is 1.93. The summed E-state index contributed by atoms with van der Waals surface area (Å²) in [6, 6.07) is 3.80. The number of aromatic nitrogens is 2. The molecule has 17 heavy (non-hydrogen) atoms. The van der Waals surface area contributed by atoms with Gasteiger partial charge in [-0.3, -0.25) is 0 Å². The van der Waals surface area contributed by atoms with Crippen LogP contribution in [0, 0.1) is 0 Å². The molecule has 0 amide bonds. The topological polar surface area (TPSA) is 73.1 Å². The van der Waals surface area contributed by atoms with Crippen LogP contribution in [0.2, 0.25) is 0 Å². The minimum Gasteiger partial charge on any atom is -0.410 e. The van der Waals surface area contributed by atoms with Crippen molar-refractivity contribution in [2.75, 3.05) is 17.8 Å². The van der Waals surface area contributed by atoms with Crippen molar-refractivity contribution in [1.82, 2.24) is 10.2 Å². The fourth-order valence-corrected chi connectivity index (χ4v) is 3.65. The molecule has 0 fully saturated rings. The van der Waals surface area contributed by atoms with Gasteiger partial charge in [0.25, 0.3) is 11.1 Å². The van der Waals surface area contributed by atoms with Gasteiger partial charge in [-0.15, -0.1) is 21.5 Å². The maximum Gasteiger partial charge on any atom is 0.276 e. The van der Waals surface area contributed by atoms with Crippen LogP contribution in [-0.2, 0) is 9.84 Å². The SMILES string of the molecule is CS(=O)(=O)CCSc1nnc(-c2cccs2)o1. The van der Waals surface area contributed by atoms with E-state index in [4.69, 9.17) is 4.42 Å². The van der Waals surface area contributed by atoms with E-state index in [1.165, 1.54) is 29.4 Å². The highest BCUT2D eigenvalue weighted by molar-refractivity contribution is 8.00.